The lowest BCUT2D eigenvalue weighted by molar-refractivity contribution is -0.0120. The molecule has 1 aromatic rings. The van der Waals surface area contributed by atoms with Crippen LogP contribution in [0.5, 0.6) is 0 Å². The summed E-state index contributed by atoms with van der Waals surface area (Å²) in [6, 6.07) is 4.72. The Morgan fingerprint density at radius 2 is 2.10 bits per heavy atom. The van der Waals surface area contributed by atoms with E-state index in [2.05, 4.69) is 4.90 Å². The van der Waals surface area contributed by atoms with Crippen LogP contribution >= 0.6 is 11.6 Å². The van der Waals surface area contributed by atoms with E-state index in [4.69, 9.17) is 11.6 Å². The fraction of sp³-hybridized carbons (Fsp3) is 0.625. The summed E-state index contributed by atoms with van der Waals surface area (Å²) in [7, 11) is 0. The minimum Gasteiger partial charge on any atom is -0.393 e. The van der Waals surface area contributed by atoms with Gasteiger partial charge in [-0.25, -0.2) is 4.39 Å². The van der Waals surface area contributed by atoms with Crippen LogP contribution < -0.4 is 0 Å². The average molecular weight is 298 g/mol. The Kier molecular flexibility index (Phi) is 4.02. The molecule has 1 aromatic carbocycles. The SMILES string of the molecule is O[C@@H]1CCC[C@@]12CCCN(Cc1cc(F)cc(Cl)c1)C2. The molecule has 0 amide bonds. The second-order valence-corrected chi connectivity index (χ2v) is 6.80. The van der Waals surface area contributed by atoms with Crippen LogP contribution in [0.1, 0.15) is 37.7 Å². The smallest absolute Gasteiger partial charge is 0.125 e. The van der Waals surface area contributed by atoms with Crippen LogP contribution in [-0.4, -0.2) is 29.2 Å². The largest absolute Gasteiger partial charge is 0.393 e. The zero-order valence-electron chi connectivity index (χ0n) is 11.6. The van der Waals surface area contributed by atoms with Gasteiger partial charge in [0.15, 0.2) is 0 Å². The van der Waals surface area contributed by atoms with Gasteiger partial charge in [-0.1, -0.05) is 18.0 Å². The predicted molar refractivity (Wildman–Crippen MR) is 78.2 cm³/mol. The Morgan fingerprint density at radius 1 is 1.30 bits per heavy atom. The first-order valence-electron chi connectivity index (χ1n) is 7.43. The van der Waals surface area contributed by atoms with Gasteiger partial charge in [0.25, 0.3) is 0 Å². The second-order valence-electron chi connectivity index (χ2n) is 6.36. The van der Waals surface area contributed by atoms with Gasteiger partial charge >= 0.3 is 0 Å². The maximum Gasteiger partial charge on any atom is 0.125 e. The van der Waals surface area contributed by atoms with E-state index in [0.29, 0.717) is 11.6 Å². The summed E-state index contributed by atoms with van der Waals surface area (Å²) in [6.45, 7) is 2.65. The van der Waals surface area contributed by atoms with Crippen LogP contribution in [0, 0.1) is 11.2 Å². The maximum atomic E-state index is 13.4. The monoisotopic (exact) mass is 297 g/mol. The maximum absolute atomic E-state index is 13.4. The zero-order chi connectivity index (χ0) is 14.2. The molecule has 20 heavy (non-hydrogen) atoms. The van der Waals surface area contributed by atoms with Crippen molar-refractivity contribution in [2.75, 3.05) is 13.1 Å². The molecule has 2 aliphatic rings. The topological polar surface area (TPSA) is 23.5 Å². The highest BCUT2D eigenvalue weighted by Gasteiger charge is 2.44. The van der Waals surface area contributed by atoms with Gasteiger partial charge in [-0.3, -0.25) is 4.90 Å². The normalized spacial score (nSPS) is 31.1. The van der Waals surface area contributed by atoms with Gasteiger partial charge in [0.05, 0.1) is 6.10 Å². The molecule has 2 atom stereocenters. The Bertz CT molecular complexity index is 475. The molecular formula is C16H21ClFNO. The van der Waals surface area contributed by atoms with E-state index in [9.17, 15) is 9.50 Å². The third-order valence-electron chi connectivity index (χ3n) is 4.88. The third kappa shape index (κ3) is 2.85. The molecule has 0 unspecified atom stereocenters. The number of benzene rings is 1. The first-order valence-corrected chi connectivity index (χ1v) is 7.81. The van der Waals surface area contributed by atoms with Crippen LogP contribution in [-0.2, 0) is 6.54 Å². The van der Waals surface area contributed by atoms with Crippen molar-refractivity contribution in [3.63, 3.8) is 0 Å². The molecular weight excluding hydrogens is 277 g/mol. The molecule has 1 aliphatic heterocycles. The molecule has 1 spiro atoms. The van der Waals surface area contributed by atoms with Gasteiger partial charge < -0.3 is 5.11 Å². The predicted octanol–water partition coefficient (Wildman–Crippen LogP) is 3.61. The highest BCUT2D eigenvalue weighted by Crippen LogP contribution is 2.45. The molecule has 0 aromatic heterocycles. The van der Waals surface area contributed by atoms with Gasteiger partial charge in [-0.05, 0) is 56.0 Å². The first-order chi connectivity index (χ1) is 9.57. The minimum atomic E-state index is -0.278. The van der Waals surface area contributed by atoms with Gasteiger partial charge in [-0.15, -0.1) is 0 Å². The molecule has 110 valence electrons. The first kappa shape index (κ1) is 14.3. The van der Waals surface area contributed by atoms with Crippen LogP contribution in [0.3, 0.4) is 0 Å². The summed E-state index contributed by atoms with van der Waals surface area (Å²) < 4.78 is 13.4. The van der Waals surface area contributed by atoms with Crippen molar-refractivity contribution < 1.29 is 9.50 Å². The molecule has 4 heteroatoms. The van der Waals surface area contributed by atoms with Gasteiger partial charge in [0.2, 0.25) is 0 Å². The number of nitrogens with zero attached hydrogens (tertiary/aromatic N) is 1. The van der Waals surface area contributed by atoms with Crippen LogP contribution in [0.4, 0.5) is 4.39 Å². The van der Waals surface area contributed by atoms with Gasteiger partial charge in [0, 0.05) is 23.5 Å². The van der Waals surface area contributed by atoms with E-state index >= 15 is 0 Å². The lowest BCUT2D eigenvalue weighted by Gasteiger charge is -2.42. The summed E-state index contributed by atoms with van der Waals surface area (Å²) in [5, 5.41) is 10.7. The number of halogens is 2. The summed E-state index contributed by atoms with van der Waals surface area (Å²) in [5.74, 6) is -0.278. The fourth-order valence-corrected chi connectivity index (χ4v) is 4.19. The van der Waals surface area contributed by atoms with Crippen molar-refractivity contribution in [2.24, 2.45) is 5.41 Å². The van der Waals surface area contributed by atoms with Crippen molar-refractivity contribution in [1.29, 1.82) is 0 Å². The van der Waals surface area contributed by atoms with Gasteiger partial charge in [0.1, 0.15) is 5.82 Å². The molecule has 0 bridgehead atoms. The van der Waals surface area contributed by atoms with E-state index < -0.39 is 0 Å². The molecule has 0 radical (unpaired) electrons. The van der Waals surface area contributed by atoms with Crippen LogP contribution in [0.15, 0.2) is 18.2 Å². The number of aliphatic hydroxyl groups is 1. The van der Waals surface area contributed by atoms with Crippen LogP contribution in [0.25, 0.3) is 0 Å². The Hall–Kier alpha value is -0.640. The molecule has 2 nitrogen and oxygen atoms in total. The fourth-order valence-electron chi connectivity index (χ4n) is 3.95. The lowest BCUT2D eigenvalue weighted by Crippen LogP contribution is -2.46. The van der Waals surface area contributed by atoms with Crippen molar-refractivity contribution in [2.45, 2.75) is 44.8 Å². The van der Waals surface area contributed by atoms with Crippen molar-refractivity contribution in [3.8, 4) is 0 Å². The summed E-state index contributed by atoms with van der Waals surface area (Å²) in [6.07, 6.45) is 5.24. The Morgan fingerprint density at radius 3 is 2.80 bits per heavy atom. The van der Waals surface area contributed by atoms with Gasteiger partial charge in [-0.2, -0.15) is 0 Å². The quantitative estimate of drug-likeness (QED) is 0.901. The second kappa shape index (κ2) is 5.63. The van der Waals surface area contributed by atoms with E-state index in [1.807, 2.05) is 6.07 Å². The standard InChI is InChI=1S/C16H21ClFNO/c17-13-7-12(8-14(18)9-13)10-19-6-2-5-16(11-19)4-1-3-15(16)20/h7-9,15,20H,1-6,10-11H2/t15-,16+/m1/s1. The van der Waals surface area contributed by atoms with E-state index in [1.165, 1.54) is 6.07 Å². The number of hydrogen-bond acceptors (Lipinski definition) is 2. The average Bonchev–Trinajstić information content (AvgIpc) is 2.69. The lowest BCUT2D eigenvalue weighted by atomic mass is 9.76. The zero-order valence-corrected chi connectivity index (χ0v) is 12.4. The number of likely N-dealkylation sites (tertiary alicyclic amines) is 1. The van der Waals surface area contributed by atoms with E-state index in [-0.39, 0.29) is 17.3 Å². The van der Waals surface area contributed by atoms with E-state index in [0.717, 1.165) is 50.8 Å². The number of aliphatic hydroxyl groups excluding tert-OH is 1. The van der Waals surface area contributed by atoms with E-state index in [1.54, 1.807) is 6.07 Å². The number of rotatable bonds is 2. The summed E-state index contributed by atoms with van der Waals surface area (Å²) in [4.78, 5) is 2.34. The van der Waals surface area contributed by atoms with Crippen molar-refractivity contribution >= 4 is 11.6 Å². The van der Waals surface area contributed by atoms with Crippen molar-refractivity contribution in [1.82, 2.24) is 4.90 Å². The number of hydrogen-bond donors (Lipinski definition) is 1. The minimum absolute atomic E-state index is 0.0787. The molecule has 2 fully saturated rings. The molecule has 1 saturated heterocycles. The molecule has 1 aliphatic carbocycles. The highest BCUT2D eigenvalue weighted by molar-refractivity contribution is 6.30. The number of piperidine rings is 1. The van der Waals surface area contributed by atoms with Crippen LogP contribution in [0.2, 0.25) is 5.02 Å². The highest BCUT2D eigenvalue weighted by atomic mass is 35.5. The molecule has 3 rings (SSSR count). The van der Waals surface area contributed by atoms with Crippen molar-refractivity contribution in [3.05, 3.63) is 34.6 Å². The molecule has 1 saturated carbocycles. The summed E-state index contributed by atoms with van der Waals surface area (Å²) >= 11 is 5.91. The summed E-state index contributed by atoms with van der Waals surface area (Å²) in [5.41, 5.74) is 0.995. The third-order valence-corrected chi connectivity index (χ3v) is 5.09. The molecule has 1 N–H and O–H groups in total. The molecule has 1 heterocycles. The Balaban J connectivity index is 1.71. The Labute approximate surface area is 124 Å².